The highest BCUT2D eigenvalue weighted by Gasteiger charge is 2.31. The smallest absolute Gasteiger partial charge is 0.264 e. The molecule has 1 aliphatic rings. The van der Waals surface area contributed by atoms with E-state index in [0.29, 0.717) is 18.0 Å². The summed E-state index contributed by atoms with van der Waals surface area (Å²) in [5.41, 5.74) is 1.69. The number of benzene rings is 1. The molecular weight excluding hydrogens is 292 g/mol. The molecule has 1 aromatic heterocycles. The van der Waals surface area contributed by atoms with Gasteiger partial charge in [-0.3, -0.25) is 4.79 Å². The maximum absolute atomic E-state index is 12.4. The summed E-state index contributed by atoms with van der Waals surface area (Å²) in [7, 11) is 1.73. The standard InChI is InChI=1S/C15H15ClN2O3/c1-9-5-12(17-21-9)8-18(2)15(19)14-7-10-6-11(16)3-4-13(10)20-14/h3-6,14H,7-8H2,1-2H3/t14-/m0/s1. The fourth-order valence-corrected chi connectivity index (χ4v) is 2.61. The molecule has 0 spiro atoms. The van der Waals surface area contributed by atoms with Crippen molar-refractivity contribution in [2.75, 3.05) is 7.05 Å². The molecule has 0 aliphatic carbocycles. The van der Waals surface area contributed by atoms with Gasteiger partial charge >= 0.3 is 0 Å². The van der Waals surface area contributed by atoms with E-state index >= 15 is 0 Å². The van der Waals surface area contributed by atoms with Gasteiger partial charge in [0.2, 0.25) is 0 Å². The second-order valence-electron chi connectivity index (χ2n) is 5.19. The monoisotopic (exact) mass is 306 g/mol. The van der Waals surface area contributed by atoms with E-state index in [-0.39, 0.29) is 5.91 Å². The van der Waals surface area contributed by atoms with Crippen LogP contribution in [0.25, 0.3) is 0 Å². The van der Waals surface area contributed by atoms with Crippen molar-refractivity contribution in [3.63, 3.8) is 0 Å². The van der Waals surface area contributed by atoms with Crippen molar-refractivity contribution < 1.29 is 14.1 Å². The first kappa shape index (κ1) is 13.9. The number of likely N-dealkylation sites (N-methyl/N-ethyl adjacent to an activating group) is 1. The number of ether oxygens (including phenoxy) is 1. The SMILES string of the molecule is Cc1cc(CN(C)C(=O)[C@@H]2Cc3cc(Cl)ccc3O2)no1. The van der Waals surface area contributed by atoms with Gasteiger partial charge < -0.3 is 14.2 Å². The van der Waals surface area contributed by atoms with Gasteiger partial charge in [-0.15, -0.1) is 0 Å². The van der Waals surface area contributed by atoms with E-state index in [4.69, 9.17) is 20.9 Å². The van der Waals surface area contributed by atoms with Crippen molar-refractivity contribution in [1.82, 2.24) is 10.1 Å². The van der Waals surface area contributed by atoms with Crippen molar-refractivity contribution in [2.24, 2.45) is 0 Å². The van der Waals surface area contributed by atoms with Crippen LogP contribution in [-0.2, 0) is 17.8 Å². The Morgan fingerprint density at radius 3 is 3.00 bits per heavy atom. The minimum Gasteiger partial charge on any atom is -0.480 e. The molecule has 1 aliphatic heterocycles. The lowest BCUT2D eigenvalue weighted by Crippen LogP contribution is -2.38. The van der Waals surface area contributed by atoms with Crippen LogP contribution in [0.2, 0.25) is 5.02 Å². The Morgan fingerprint density at radius 2 is 2.29 bits per heavy atom. The van der Waals surface area contributed by atoms with Gasteiger partial charge in [-0.1, -0.05) is 16.8 Å². The second-order valence-corrected chi connectivity index (χ2v) is 5.62. The summed E-state index contributed by atoms with van der Waals surface area (Å²) in [5.74, 6) is 1.37. The van der Waals surface area contributed by atoms with Gasteiger partial charge in [-0.05, 0) is 30.7 Å². The van der Waals surface area contributed by atoms with Crippen molar-refractivity contribution in [3.8, 4) is 5.75 Å². The number of aryl methyl sites for hydroxylation is 1. The summed E-state index contributed by atoms with van der Waals surface area (Å²) in [6, 6.07) is 7.21. The van der Waals surface area contributed by atoms with Gasteiger partial charge in [0, 0.05) is 24.6 Å². The number of carbonyl (C=O) groups excluding carboxylic acids is 1. The zero-order valence-corrected chi connectivity index (χ0v) is 12.6. The van der Waals surface area contributed by atoms with Crippen molar-refractivity contribution in [3.05, 3.63) is 46.3 Å². The van der Waals surface area contributed by atoms with Crippen LogP contribution in [0.1, 0.15) is 17.0 Å². The van der Waals surface area contributed by atoms with Crippen molar-refractivity contribution in [1.29, 1.82) is 0 Å². The number of aromatic nitrogens is 1. The van der Waals surface area contributed by atoms with Crippen molar-refractivity contribution in [2.45, 2.75) is 26.0 Å². The Kier molecular flexibility index (Phi) is 3.59. The van der Waals surface area contributed by atoms with E-state index in [2.05, 4.69) is 5.16 Å². The van der Waals surface area contributed by atoms with Crippen LogP contribution >= 0.6 is 11.6 Å². The van der Waals surface area contributed by atoms with Gasteiger partial charge in [-0.25, -0.2) is 0 Å². The maximum atomic E-state index is 12.4. The Morgan fingerprint density at radius 1 is 1.48 bits per heavy atom. The highest BCUT2D eigenvalue weighted by atomic mass is 35.5. The number of fused-ring (bicyclic) bond motifs is 1. The first-order chi connectivity index (χ1) is 10.0. The Hall–Kier alpha value is -2.01. The molecule has 0 bridgehead atoms. The highest BCUT2D eigenvalue weighted by Crippen LogP contribution is 2.31. The first-order valence-corrected chi connectivity index (χ1v) is 7.03. The molecular formula is C15H15ClN2O3. The molecule has 0 fully saturated rings. The topological polar surface area (TPSA) is 55.6 Å². The third-order valence-electron chi connectivity index (χ3n) is 3.42. The molecule has 110 valence electrons. The van der Waals surface area contributed by atoms with E-state index in [1.807, 2.05) is 19.1 Å². The molecule has 1 aromatic carbocycles. The molecule has 0 saturated carbocycles. The predicted molar refractivity (Wildman–Crippen MR) is 77.3 cm³/mol. The van der Waals surface area contributed by atoms with Crippen LogP contribution in [0, 0.1) is 6.92 Å². The Labute approximate surface area is 127 Å². The molecule has 2 aromatic rings. The minimum absolute atomic E-state index is 0.0806. The van der Waals surface area contributed by atoms with E-state index < -0.39 is 6.10 Å². The number of halogens is 1. The molecule has 6 heteroatoms. The zero-order chi connectivity index (χ0) is 15.0. The van der Waals surface area contributed by atoms with Crippen molar-refractivity contribution >= 4 is 17.5 Å². The number of hydrogen-bond donors (Lipinski definition) is 0. The van der Waals surface area contributed by atoms with Gasteiger partial charge in [0.15, 0.2) is 6.10 Å². The van der Waals surface area contributed by atoms with Crippen LogP contribution in [0.5, 0.6) is 5.75 Å². The van der Waals surface area contributed by atoms with Gasteiger partial charge in [0.25, 0.3) is 5.91 Å². The summed E-state index contributed by atoms with van der Waals surface area (Å²) in [6.45, 7) is 2.21. The minimum atomic E-state index is -0.503. The number of amides is 1. The predicted octanol–water partition coefficient (Wildman–Crippen LogP) is 2.60. The molecule has 2 heterocycles. The van der Waals surface area contributed by atoms with E-state index in [9.17, 15) is 4.79 Å². The third kappa shape index (κ3) is 2.88. The molecule has 1 amide bonds. The first-order valence-electron chi connectivity index (χ1n) is 6.65. The lowest BCUT2D eigenvalue weighted by atomic mass is 10.1. The molecule has 1 atom stereocenters. The number of hydrogen-bond acceptors (Lipinski definition) is 4. The normalized spacial score (nSPS) is 16.4. The number of rotatable bonds is 3. The maximum Gasteiger partial charge on any atom is 0.264 e. The Bertz CT molecular complexity index is 683. The van der Waals surface area contributed by atoms with Crippen LogP contribution in [0.4, 0.5) is 0 Å². The quantitative estimate of drug-likeness (QED) is 0.874. The Balaban J connectivity index is 1.66. The summed E-state index contributed by atoms with van der Waals surface area (Å²) >= 11 is 5.95. The summed E-state index contributed by atoms with van der Waals surface area (Å²) in [5, 5.41) is 4.54. The average molecular weight is 307 g/mol. The molecule has 0 unspecified atom stereocenters. The number of carbonyl (C=O) groups is 1. The van der Waals surface area contributed by atoms with Gasteiger partial charge in [0.1, 0.15) is 17.2 Å². The van der Waals surface area contributed by atoms with Gasteiger partial charge in [0.05, 0.1) is 6.54 Å². The summed E-state index contributed by atoms with van der Waals surface area (Å²) in [4.78, 5) is 14.0. The van der Waals surface area contributed by atoms with Gasteiger partial charge in [-0.2, -0.15) is 0 Å². The molecule has 21 heavy (non-hydrogen) atoms. The second kappa shape index (κ2) is 5.41. The zero-order valence-electron chi connectivity index (χ0n) is 11.8. The van der Waals surface area contributed by atoms with Crippen LogP contribution in [0.3, 0.4) is 0 Å². The van der Waals surface area contributed by atoms with E-state index in [1.54, 1.807) is 24.1 Å². The lowest BCUT2D eigenvalue weighted by molar-refractivity contribution is -0.137. The largest absolute Gasteiger partial charge is 0.480 e. The van der Waals surface area contributed by atoms with E-state index in [0.717, 1.165) is 22.8 Å². The lowest BCUT2D eigenvalue weighted by Gasteiger charge is -2.19. The van der Waals surface area contributed by atoms with E-state index in [1.165, 1.54) is 0 Å². The van der Waals surface area contributed by atoms with Crippen LogP contribution in [-0.4, -0.2) is 29.1 Å². The third-order valence-corrected chi connectivity index (χ3v) is 3.66. The summed E-state index contributed by atoms with van der Waals surface area (Å²) < 4.78 is 10.7. The molecule has 3 rings (SSSR count). The molecule has 0 saturated heterocycles. The fraction of sp³-hybridized carbons (Fsp3) is 0.333. The van der Waals surface area contributed by atoms with Crippen LogP contribution < -0.4 is 4.74 Å². The average Bonchev–Trinajstić information content (AvgIpc) is 3.03. The summed E-state index contributed by atoms with van der Waals surface area (Å²) in [6.07, 6.45) is 0.0353. The molecule has 5 nitrogen and oxygen atoms in total. The molecule has 0 radical (unpaired) electrons. The number of nitrogens with zero attached hydrogens (tertiary/aromatic N) is 2. The highest BCUT2D eigenvalue weighted by molar-refractivity contribution is 6.30. The fourth-order valence-electron chi connectivity index (χ4n) is 2.41. The van der Waals surface area contributed by atoms with Crippen LogP contribution in [0.15, 0.2) is 28.8 Å². The molecule has 0 N–H and O–H groups in total.